The SMILES string of the molecule is O=c1ccc2c(CC3CC3)c(-c3cc(Cl)c4ncccc4c3)c(-c3ccccc3)nc2[nH]1. The van der Waals surface area contributed by atoms with Gasteiger partial charge in [0.05, 0.1) is 16.2 Å². The number of hydrogen-bond acceptors (Lipinski definition) is 3. The standard InChI is InChI=1S/C27H20ClN3O/c28-22-15-19(14-18-7-4-12-29-25(18)22)24-21(13-16-8-9-16)20-10-11-23(32)30-27(20)31-26(24)17-5-2-1-3-6-17/h1-7,10-12,14-16H,8-9,13H2,(H,30,31,32). The van der Waals surface area contributed by atoms with E-state index in [-0.39, 0.29) is 5.56 Å². The second kappa shape index (κ2) is 7.57. The molecule has 0 saturated heterocycles. The Balaban J connectivity index is 1.74. The van der Waals surface area contributed by atoms with E-state index in [0.717, 1.165) is 45.1 Å². The average molecular weight is 438 g/mol. The summed E-state index contributed by atoms with van der Waals surface area (Å²) < 4.78 is 0. The second-order valence-electron chi connectivity index (χ2n) is 8.45. The van der Waals surface area contributed by atoms with Crippen molar-refractivity contribution in [3.8, 4) is 22.4 Å². The van der Waals surface area contributed by atoms with Crippen molar-refractivity contribution in [2.24, 2.45) is 5.92 Å². The average Bonchev–Trinajstić information content (AvgIpc) is 3.63. The van der Waals surface area contributed by atoms with Crippen molar-refractivity contribution >= 4 is 33.5 Å². The summed E-state index contributed by atoms with van der Waals surface area (Å²) in [5, 5.41) is 2.61. The summed E-state index contributed by atoms with van der Waals surface area (Å²) in [6.45, 7) is 0. The van der Waals surface area contributed by atoms with Gasteiger partial charge in [-0.1, -0.05) is 48.0 Å². The minimum atomic E-state index is -0.144. The van der Waals surface area contributed by atoms with Crippen LogP contribution in [0.25, 0.3) is 44.3 Å². The molecule has 3 aromatic heterocycles. The predicted octanol–water partition coefficient (Wildman–Crippen LogP) is 6.41. The lowest BCUT2D eigenvalue weighted by Gasteiger charge is -2.18. The van der Waals surface area contributed by atoms with E-state index in [2.05, 4.69) is 28.2 Å². The fourth-order valence-electron chi connectivity index (χ4n) is 4.47. The quantitative estimate of drug-likeness (QED) is 0.353. The van der Waals surface area contributed by atoms with Crippen molar-refractivity contribution in [2.45, 2.75) is 19.3 Å². The molecule has 0 bridgehead atoms. The Morgan fingerprint density at radius 2 is 1.81 bits per heavy atom. The van der Waals surface area contributed by atoms with Gasteiger partial charge in [0.15, 0.2) is 0 Å². The van der Waals surface area contributed by atoms with E-state index in [0.29, 0.717) is 16.6 Å². The molecule has 5 aromatic rings. The van der Waals surface area contributed by atoms with Gasteiger partial charge in [0.2, 0.25) is 5.56 Å². The number of aromatic nitrogens is 3. The first kappa shape index (κ1) is 19.2. The number of halogens is 1. The highest BCUT2D eigenvalue weighted by molar-refractivity contribution is 6.35. The maximum Gasteiger partial charge on any atom is 0.249 e. The third-order valence-corrected chi connectivity index (χ3v) is 6.46. The number of rotatable bonds is 4. The van der Waals surface area contributed by atoms with Crippen molar-refractivity contribution in [2.75, 3.05) is 0 Å². The van der Waals surface area contributed by atoms with E-state index in [1.165, 1.54) is 18.4 Å². The Hall–Kier alpha value is -3.50. The minimum Gasteiger partial charge on any atom is -0.307 e. The molecule has 1 fully saturated rings. The molecule has 0 unspecified atom stereocenters. The van der Waals surface area contributed by atoms with E-state index in [1.54, 1.807) is 12.3 Å². The van der Waals surface area contributed by atoms with Crippen molar-refractivity contribution in [3.05, 3.63) is 93.9 Å². The van der Waals surface area contributed by atoms with Crippen LogP contribution in [0.5, 0.6) is 0 Å². The molecule has 1 aliphatic rings. The Bertz CT molecular complexity index is 1540. The third kappa shape index (κ3) is 3.37. The lowest BCUT2D eigenvalue weighted by atomic mass is 9.89. The lowest BCUT2D eigenvalue weighted by molar-refractivity contribution is 0.838. The molecule has 32 heavy (non-hydrogen) atoms. The normalized spacial score (nSPS) is 13.7. The van der Waals surface area contributed by atoms with Crippen molar-refractivity contribution in [1.82, 2.24) is 15.0 Å². The summed E-state index contributed by atoms with van der Waals surface area (Å²) in [4.78, 5) is 24.5. The summed E-state index contributed by atoms with van der Waals surface area (Å²) in [7, 11) is 0. The van der Waals surface area contributed by atoms with E-state index in [1.807, 2.05) is 42.5 Å². The molecule has 0 spiro atoms. The highest BCUT2D eigenvalue weighted by Crippen LogP contribution is 2.43. The van der Waals surface area contributed by atoms with Gasteiger partial charge in [-0.25, -0.2) is 4.98 Å². The Morgan fingerprint density at radius 3 is 2.62 bits per heavy atom. The molecular formula is C27H20ClN3O. The van der Waals surface area contributed by atoms with Crippen molar-refractivity contribution < 1.29 is 0 Å². The molecule has 4 nitrogen and oxygen atoms in total. The molecule has 0 radical (unpaired) electrons. The molecular weight excluding hydrogens is 418 g/mol. The Morgan fingerprint density at radius 1 is 0.969 bits per heavy atom. The Kier molecular flexibility index (Phi) is 4.54. The summed E-state index contributed by atoms with van der Waals surface area (Å²) in [5.74, 6) is 0.660. The maximum absolute atomic E-state index is 12.1. The zero-order chi connectivity index (χ0) is 21.7. The van der Waals surface area contributed by atoms with Crippen LogP contribution in [0.3, 0.4) is 0 Å². The molecule has 0 aliphatic heterocycles. The molecule has 3 heterocycles. The van der Waals surface area contributed by atoms with Gasteiger partial charge in [-0.05, 0) is 60.6 Å². The van der Waals surface area contributed by atoms with Crippen LogP contribution in [0.2, 0.25) is 5.02 Å². The number of H-pyrrole nitrogens is 1. The van der Waals surface area contributed by atoms with Crippen LogP contribution in [0, 0.1) is 5.92 Å². The molecule has 0 amide bonds. The van der Waals surface area contributed by atoms with Crippen LogP contribution < -0.4 is 5.56 Å². The van der Waals surface area contributed by atoms with Crippen molar-refractivity contribution in [3.63, 3.8) is 0 Å². The number of pyridine rings is 3. The first-order valence-electron chi connectivity index (χ1n) is 10.8. The molecule has 6 rings (SSSR count). The monoisotopic (exact) mass is 437 g/mol. The smallest absolute Gasteiger partial charge is 0.249 e. The van der Waals surface area contributed by atoms with Crippen molar-refractivity contribution in [1.29, 1.82) is 0 Å². The molecule has 0 atom stereocenters. The van der Waals surface area contributed by atoms with Gasteiger partial charge >= 0.3 is 0 Å². The number of benzene rings is 2. The minimum absolute atomic E-state index is 0.144. The van der Waals surface area contributed by atoms with Crippen LogP contribution in [-0.4, -0.2) is 15.0 Å². The molecule has 5 heteroatoms. The van der Waals surface area contributed by atoms with Crippen LogP contribution >= 0.6 is 11.6 Å². The molecule has 2 aromatic carbocycles. The zero-order valence-corrected chi connectivity index (χ0v) is 18.1. The topological polar surface area (TPSA) is 58.6 Å². The highest BCUT2D eigenvalue weighted by Gasteiger charge is 2.27. The summed E-state index contributed by atoms with van der Waals surface area (Å²) in [6, 6.07) is 21.7. The maximum atomic E-state index is 12.1. The molecule has 156 valence electrons. The van der Waals surface area contributed by atoms with E-state index in [4.69, 9.17) is 16.6 Å². The number of nitrogens with one attached hydrogen (secondary N) is 1. The van der Waals surface area contributed by atoms with Gasteiger partial charge in [0.25, 0.3) is 0 Å². The van der Waals surface area contributed by atoms with Gasteiger partial charge in [0, 0.05) is 34.2 Å². The van der Waals surface area contributed by atoms with Crippen LogP contribution in [0.15, 0.2) is 77.7 Å². The first-order chi connectivity index (χ1) is 15.7. The first-order valence-corrected chi connectivity index (χ1v) is 11.2. The van der Waals surface area contributed by atoms with Gasteiger partial charge in [-0.3, -0.25) is 9.78 Å². The number of fused-ring (bicyclic) bond motifs is 2. The van der Waals surface area contributed by atoms with Crippen LogP contribution in [0.1, 0.15) is 18.4 Å². The summed E-state index contributed by atoms with van der Waals surface area (Å²) in [6.07, 6.45) is 5.17. The summed E-state index contributed by atoms with van der Waals surface area (Å²) in [5.41, 5.74) is 6.45. The molecule has 1 N–H and O–H groups in total. The Labute approximate surface area is 189 Å². The van der Waals surface area contributed by atoms with Crippen LogP contribution in [-0.2, 0) is 6.42 Å². The zero-order valence-electron chi connectivity index (χ0n) is 17.3. The van der Waals surface area contributed by atoms with E-state index >= 15 is 0 Å². The van der Waals surface area contributed by atoms with E-state index in [9.17, 15) is 4.79 Å². The second-order valence-corrected chi connectivity index (χ2v) is 8.85. The number of hydrogen-bond donors (Lipinski definition) is 1. The fraction of sp³-hybridized carbons (Fsp3) is 0.148. The predicted molar refractivity (Wildman–Crippen MR) is 130 cm³/mol. The summed E-state index contributed by atoms with van der Waals surface area (Å²) >= 11 is 6.69. The third-order valence-electron chi connectivity index (χ3n) is 6.17. The van der Waals surface area contributed by atoms with Crippen LogP contribution in [0.4, 0.5) is 0 Å². The lowest BCUT2D eigenvalue weighted by Crippen LogP contribution is -2.08. The molecule has 1 saturated carbocycles. The van der Waals surface area contributed by atoms with Gasteiger partial charge in [-0.2, -0.15) is 0 Å². The van der Waals surface area contributed by atoms with Gasteiger partial charge in [0.1, 0.15) is 5.65 Å². The molecule has 1 aliphatic carbocycles. The van der Waals surface area contributed by atoms with Gasteiger partial charge < -0.3 is 4.98 Å². The van der Waals surface area contributed by atoms with E-state index < -0.39 is 0 Å². The highest BCUT2D eigenvalue weighted by atomic mass is 35.5. The van der Waals surface area contributed by atoms with Gasteiger partial charge in [-0.15, -0.1) is 0 Å². The number of aromatic amines is 1. The number of nitrogens with zero attached hydrogens (tertiary/aromatic N) is 2. The fourth-order valence-corrected chi connectivity index (χ4v) is 4.75. The largest absolute Gasteiger partial charge is 0.307 e.